The second-order valence-electron chi connectivity index (χ2n) is 16.5. The van der Waals surface area contributed by atoms with Gasteiger partial charge in [0.1, 0.15) is 23.8 Å². The van der Waals surface area contributed by atoms with Crippen LogP contribution in [0.1, 0.15) is 11.1 Å². The van der Waals surface area contributed by atoms with Crippen LogP contribution in [0.2, 0.25) is 0 Å². The Hall–Kier alpha value is -9.29. The third-order valence-electron chi connectivity index (χ3n) is 12.8. The van der Waals surface area contributed by atoms with Crippen LogP contribution in [-0.4, -0.2) is 14.1 Å². The molecule has 0 fully saturated rings. The highest BCUT2D eigenvalue weighted by Crippen LogP contribution is 2.49. The van der Waals surface area contributed by atoms with Crippen molar-refractivity contribution in [2.45, 2.75) is 0 Å². The van der Waals surface area contributed by atoms with Crippen LogP contribution < -0.4 is 0 Å². The number of hydrogen-bond donors (Lipinski definition) is 0. The van der Waals surface area contributed by atoms with E-state index in [9.17, 15) is 10.5 Å². The van der Waals surface area contributed by atoms with E-state index in [1.165, 1.54) is 0 Å². The molecule has 12 rings (SSSR count). The molecule has 0 unspecified atom stereocenters. The summed E-state index contributed by atoms with van der Waals surface area (Å²) < 4.78 is 4.64. The monoisotopic (exact) mass is 839 g/mol. The van der Waals surface area contributed by atoms with E-state index in [2.05, 4.69) is 203 Å². The molecule has 5 nitrogen and oxygen atoms in total. The van der Waals surface area contributed by atoms with Crippen molar-refractivity contribution in [1.82, 2.24) is 14.1 Å². The molecule has 3 heterocycles. The second kappa shape index (κ2) is 15.8. The van der Waals surface area contributed by atoms with Gasteiger partial charge in [0.2, 0.25) is 0 Å². The number of nitrogens with zero attached hydrogens (tertiary/aromatic N) is 5. The first-order valence-electron chi connectivity index (χ1n) is 22.0. The Bertz CT molecular complexity index is 3710. The smallest absolute Gasteiger partial charge is 0.148 e. The number of pyridine rings is 1. The fourth-order valence-electron chi connectivity index (χ4n) is 9.84. The number of nitriles is 2. The maximum atomic E-state index is 10.6. The zero-order valence-corrected chi connectivity index (χ0v) is 35.6. The van der Waals surface area contributed by atoms with Crippen molar-refractivity contribution < 1.29 is 0 Å². The molecular weight excluding hydrogens is 803 g/mol. The summed E-state index contributed by atoms with van der Waals surface area (Å²) in [5.41, 5.74) is 14.6. The van der Waals surface area contributed by atoms with Crippen molar-refractivity contribution in [3.05, 3.63) is 236 Å². The number of benzene rings is 9. The van der Waals surface area contributed by atoms with Crippen LogP contribution in [0.4, 0.5) is 0 Å². The largest absolute Gasteiger partial charge is 0.293 e. The second-order valence-corrected chi connectivity index (χ2v) is 16.5. The van der Waals surface area contributed by atoms with Gasteiger partial charge in [-0.3, -0.25) is 9.13 Å². The molecule has 0 spiro atoms. The van der Waals surface area contributed by atoms with Crippen LogP contribution >= 0.6 is 0 Å². The molecular formula is C61H37N5. The van der Waals surface area contributed by atoms with E-state index in [4.69, 9.17) is 4.98 Å². The minimum atomic E-state index is 0.309. The third kappa shape index (κ3) is 6.19. The summed E-state index contributed by atoms with van der Waals surface area (Å²) in [5.74, 6) is 1.47. The van der Waals surface area contributed by atoms with Gasteiger partial charge in [0, 0.05) is 38.2 Å². The Balaban J connectivity index is 1.30. The van der Waals surface area contributed by atoms with Crippen LogP contribution in [-0.2, 0) is 0 Å². The lowest BCUT2D eigenvalue weighted by atomic mass is 9.86. The molecule has 0 N–H and O–H groups in total. The average molecular weight is 840 g/mol. The minimum Gasteiger partial charge on any atom is -0.293 e. The van der Waals surface area contributed by atoms with Crippen molar-refractivity contribution in [2.75, 3.05) is 0 Å². The van der Waals surface area contributed by atoms with Crippen molar-refractivity contribution >= 4 is 43.6 Å². The highest BCUT2D eigenvalue weighted by molar-refractivity contribution is 6.14. The van der Waals surface area contributed by atoms with E-state index in [0.717, 1.165) is 111 Å². The number of rotatable bonds is 7. The summed E-state index contributed by atoms with van der Waals surface area (Å²) in [5, 5.41) is 25.2. The van der Waals surface area contributed by atoms with Gasteiger partial charge in [-0.05, 0) is 87.5 Å². The summed E-state index contributed by atoms with van der Waals surface area (Å²) in [4.78, 5) is 6.04. The highest BCUT2D eigenvalue weighted by atomic mass is 15.1. The van der Waals surface area contributed by atoms with E-state index in [-0.39, 0.29) is 0 Å². The molecule has 0 atom stereocenters. The van der Waals surface area contributed by atoms with Crippen LogP contribution in [0.3, 0.4) is 0 Å². The predicted molar refractivity (Wildman–Crippen MR) is 270 cm³/mol. The lowest BCUT2D eigenvalue weighted by molar-refractivity contribution is 1.02. The average Bonchev–Trinajstić information content (AvgIpc) is 3.91. The van der Waals surface area contributed by atoms with Crippen LogP contribution in [0.25, 0.3) is 111 Å². The molecule has 3 aromatic heterocycles. The zero-order valence-electron chi connectivity index (χ0n) is 35.6. The van der Waals surface area contributed by atoms with Gasteiger partial charge in [0.15, 0.2) is 0 Å². The van der Waals surface area contributed by atoms with Gasteiger partial charge < -0.3 is 0 Å². The SMILES string of the molecule is N#Cc1ccc(-c2c(-c3ccccc3)c(-n3c4ccccc4c4cc(-c5ccccc5)ccc43)nc(-n3c4ccccc4c4cc(-c5ccccc5)ccc43)c2-c2ccccc2)cc1C#N. The summed E-state index contributed by atoms with van der Waals surface area (Å²) in [6.07, 6.45) is 0. The standard InChI is InChI=1S/C61H37N5/c62-38-47-30-29-46(35-48(47)39-63)57-58(42-21-9-3-10-22-42)60(65-53-27-15-13-25-49(53)51-36-44(31-33-55(51)65)40-17-5-1-6-18-40)64-61(59(57)43-23-11-4-12-24-43)66-54-28-16-14-26-50(54)52-37-45(32-34-56(52)66)41-19-7-2-8-20-41/h1-37H. The molecule has 66 heavy (non-hydrogen) atoms. The van der Waals surface area contributed by atoms with Gasteiger partial charge in [-0.15, -0.1) is 0 Å². The molecule has 0 radical (unpaired) electrons. The summed E-state index contributed by atoms with van der Waals surface area (Å²) >= 11 is 0. The fourth-order valence-corrected chi connectivity index (χ4v) is 9.84. The van der Waals surface area contributed by atoms with E-state index < -0.39 is 0 Å². The lowest BCUT2D eigenvalue weighted by Gasteiger charge is -2.25. The van der Waals surface area contributed by atoms with Crippen molar-refractivity contribution in [3.8, 4) is 79.4 Å². The lowest BCUT2D eigenvalue weighted by Crippen LogP contribution is -2.10. The fraction of sp³-hybridized carbons (Fsp3) is 0. The van der Waals surface area contributed by atoms with Gasteiger partial charge in [-0.25, -0.2) is 4.98 Å². The van der Waals surface area contributed by atoms with Crippen molar-refractivity contribution in [2.24, 2.45) is 0 Å². The molecule has 0 bridgehead atoms. The van der Waals surface area contributed by atoms with Gasteiger partial charge >= 0.3 is 0 Å². The molecule has 9 aromatic carbocycles. The van der Waals surface area contributed by atoms with Crippen molar-refractivity contribution in [3.63, 3.8) is 0 Å². The topological polar surface area (TPSA) is 70.3 Å². The first kappa shape index (κ1) is 38.4. The van der Waals surface area contributed by atoms with Crippen LogP contribution in [0, 0.1) is 22.7 Å². The minimum absolute atomic E-state index is 0.309. The normalized spacial score (nSPS) is 11.3. The number of fused-ring (bicyclic) bond motifs is 6. The molecule has 306 valence electrons. The third-order valence-corrected chi connectivity index (χ3v) is 12.8. The summed E-state index contributed by atoms with van der Waals surface area (Å²) in [6, 6.07) is 82.7. The van der Waals surface area contributed by atoms with E-state index in [1.807, 2.05) is 36.4 Å². The van der Waals surface area contributed by atoms with Gasteiger partial charge in [0.25, 0.3) is 0 Å². The molecule has 0 saturated heterocycles. The Morgan fingerprint density at radius 1 is 0.288 bits per heavy atom. The Morgan fingerprint density at radius 3 is 1.11 bits per heavy atom. The summed E-state index contributed by atoms with van der Waals surface area (Å²) in [6.45, 7) is 0. The first-order chi connectivity index (χ1) is 32.7. The van der Waals surface area contributed by atoms with E-state index >= 15 is 0 Å². The van der Waals surface area contributed by atoms with Crippen LogP contribution in [0.15, 0.2) is 224 Å². The molecule has 0 aliphatic heterocycles. The Morgan fingerprint density at radius 2 is 0.667 bits per heavy atom. The summed E-state index contributed by atoms with van der Waals surface area (Å²) in [7, 11) is 0. The maximum Gasteiger partial charge on any atom is 0.148 e. The van der Waals surface area contributed by atoms with Crippen molar-refractivity contribution in [1.29, 1.82) is 10.5 Å². The van der Waals surface area contributed by atoms with Gasteiger partial charge in [0.05, 0.1) is 33.2 Å². The number of para-hydroxylation sites is 2. The number of aromatic nitrogens is 3. The molecule has 0 amide bonds. The van der Waals surface area contributed by atoms with E-state index in [1.54, 1.807) is 6.07 Å². The molecule has 5 heteroatoms. The maximum absolute atomic E-state index is 10.6. The van der Waals surface area contributed by atoms with Gasteiger partial charge in [-0.1, -0.05) is 176 Å². The zero-order chi connectivity index (χ0) is 44.1. The molecule has 0 aliphatic rings. The Labute approximate surface area is 381 Å². The highest BCUT2D eigenvalue weighted by Gasteiger charge is 2.29. The molecule has 0 aliphatic carbocycles. The number of hydrogen-bond acceptors (Lipinski definition) is 3. The van der Waals surface area contributed by atoms with Gasteiger partial charge in [-0.2, -0.15) is 10.5 Å². The predicted octanol–water partition coefficient (Wildman–Crippen LogP) is 15.4. The Kier molecular flexibility index (Phi) is 9.19. The quantitative estimate of drug-likeness (QED) is 0.160. The molecule has 12 aromatic rings. The van der Waals surface area contributed by atoms with Crippen LogP contribution in [0.5, 0.6) is 0 Å². The first-order valence-corrected chi connectivity index (χ1v) is 22.0. The molecule has 0 saturated carbocycles. The van der Waals surface area contributed by atoms with E-state index in [0.29, 0.717) is 11.1 Å².